The Morgan fingerprint density at radius 2 is 1.07 bits per heavy atom. The number of benzene rings is 3. The van der Waals surface area contributed by atoms with E-state index in [0.29, 0.717) is 11.0 Å². The molecule has 0 aliphatic rings. The van der Waals surface area contributed by atoms with Crippen molar-refractivity contribution < 1.29 is 14.8 Å². The number of hydrogen-bond donors (Lipinski definition) is 0. The number of rotatable bonds is 4. The molecule has 0 spiro atoms. The molecular weight excluding hydrogens is 368 g/mol. The van der Waals surface area contributed by atoms with E-state index in [1.54, 1.807) is 48.5 Å². The molecule has 3 aromatic carbocycles. The first-order valence-corrected chi connectivity index (χ1v) is 8.00. The second-order valence-corrected chi connectivity index (χ2v) is 5.97. The van der Waals surface area contributed by atoms with Crippen molar-refractivity contribution in [3.8, 4) is 5.69 Å². The maximum Gasteiger partial charge on any atom is 0.307 e. The molecule has 1 heterocycles. The first-order valence-electron chi connectivity index (χ1n) is 8.00. The van der Waals surface area contributed by atoms with Gasteiger partial charge in [-0.3, -0.25) is 34.9 Å². The monoisotopic (exact) mass is 378 g/mol. The first-order chi connectivity index (χ1) is 13.4. The van der Waals surface area contributed by atoms with E-state index >= 15 is 0 Å². The maximum atomic E-state index is 11.7. The molecule has 0 fully saturated rings. The second kappa shape index (κ2) is 6.13. The molecule has 28 heavy (non-hydrogen) atoms. The van der Waals surface area contributed by atoms with Crippen LogP contribution in [0.2, 0.25) is 0 Å². The predicted molar refractivity (Wildman–Crippen MR) is 101 cm³/mol. The van der Waals surface area contributed by atoms with Crippen molar-refractivity contribution in [2.75, 3.05) is 0 Å². The zero-order valence-corrected chi connectivity index (χ0v) is 14.0. The van der Waals surface area contributed by atoms with Crippen LogP contribution in [0.25, 0.3) is 27.5 Å². The molecule has 0 saturated carbocycles. The van der Waals surface area contributed by atoms with Crippen molar-refractivity contribution >= 4 is 38.9 Å². The summed E-state index contributed by atoms with van der Waals surface area (Å²) >= 11 is 0. The Morgan fingerprint density at radius 1 is 0.643 bits per heavy atom. The van der Waals surface area contributed by atoms with Crippen LogP contribution in [-0.4, -0.2) is 19.3 Å². The van der Waals surface area contributed by atoms with Crippen LogP contribution in [0.3, 0.4) is 0 Å². The molecule has 0 atom stereocenters. The normalized spacial score (nSPS) is 11.0. The van der Waals surface area contributed by atoms with E-state index in [1.807, 2.05) is 0 Å². The fraction of sp³-hybridized carbons (Fsp3) is 0. The highest BCUT2D eigenvalue weighted by Crippen LogP contribution is 2.41. The highest BCUT2D eigenvalue weighted by molar-refractivity contribution is 6.09. The highest BCUT2D eigenvalue weighted by Gasteiger charge is 2.33. The molecular formula is C18H10N4O6. The second-order valence-electron chi connectivity index (χ2n) is 5.97. The number of nitrogens with zero attached hydrogens (tertiary/aromatic N) is 4. The Bertz CT molecular complexity index is 1220. The van der Waals surface area contributed by atoms with Gasteiger partial charge in [-0.15, -0.1) is 0 Å². The predicted octanol–water partition coefficient (Wildman–Crippen LogP) is 4.51. The molecule has 0 bridgehead atoms. The van der Waals surface area contributed by atoms with E-state index in [1.165, 1.54) is 4.57 Å². The third-order valence-electron chi connectivity index (χ3n) is 4.46. The molecule has 1 aromatic heterocycles. The Labute approximate surface area is 155 Å². The topological polar surface area (TPSA) is 134 Å². The van der Waals surface area contributed by atoms with Crippen LogP contribution in [-0.2, 0) is 0 Å². The van der Waals surface area contributed by atoms with Gasteiger partial charge in [0.25, 0.3) is 5.69 Å². The van der Waals surface area contributed by atoms with Crippen molar-refractivity contribution in [3.63, 3.8) is 0 Å². The lowest BCUT2D eigenvalue weighted by atomic mass is 10.2. The lowest BCUT2D eigenvalue weighted by Crippen LogP contribution is -2.06. The molecule has 0 radical (unpaired) electrons. The molecule has 0 N–H and O–H groups in total. The molecule has 0 aliphatic carbocycles. The fourth-order valence-corrected chi connectivity index (χ4v) is 3.37. The van der Waals surface area contributed by atoms with Crippen LogP contribution in [0.4, 0.5) is 17.1 Å². The number of non-ortho nitro benzene ring substituents is 1. The molecule has 4 rings (SSSR count). The van der Waals surface area contributed by atoms with Gasteiger partial charge in [0.15, 0.2) is 0 Å². The summed E-state index contributed by atoms with van der Waals surface area (Å²) in [6.07, 6.45) is 0. The SMILES string of the molecule is O=[N+]([O-])c1cc([N+](=O)[O-])c(-n2c3ccccc3c3ccccc32)c([N+](=O)[O-])c1. The van der Waals surface area contributed by atoms with E-state index in [2.05, 4.69) is 0 Å². The number of para-hydroxylation sites is 2. The van der Waals surface area contributed by atoms with Crippen LogP contribution in [0.5, 0.6) is 0 Å². The van der Waals surface area contributed by atoms with E-state index in [-0.39, 0.29) is 5.69 Å². The summed E-state index contributed by atoms with van der Waals surface area (Å²) in [5.74, 6) is 0. The fourth-order valence-electron chi connectivity index (χ4n) is 3.37. The van der Waals surface area contributed by atoms with Gasteiger partial charge in [0, 0.05) is 10.8 Å². The highest BCUT2D eigenvalue weighted by atomic mass is 16.6. The van der Waals surface area contributed by atoms with Crippen LogP contribution in [0.1, 0.15) is 0 Å². The van der Waals surface area contributed by atoms with Gasteiger partial charge in [-0.25, -0.2) is 0 Å². The van der Waals surface area contributed by atoms with Gasteiger partial charge < -0.3 is 0 Å². The van der Waals surface area contributed by atoms with Crippen LogP contribution >= 0.6 is 0 Å². The average molecular weight is 378 g/mol. The van der Waals surface area contributed by atoms with Crippen molar-refractivity contribution in [2.24, 2.45) is 0 Å². The minimum absolute atomic E-state index is 0.321. The van der Waals surface area contributed by atoms with Gasteiger partial charge >= 0.3 is 11.4 Å². The summed E-state index contributed by atoms with van der Waals surface area (Å²) in [6.45, 7) is 0. The van der Waals surface area contributed by atoms with Gasteiger partial charge in [-0.05, 0) is 12.1 Å². The summed E-state index contributed by atoms with van der Waals surface area (Å²) in [7, 11) is 0. The molecule has 138 valence electrons. The van der Waals surface area contributed by atoms with Crippen molar-refractivity contribution in [1.82, 2.24) is 4.57 Å². The molecule has 0 amide bonds. The summed E-state index contributed by atoms with van der Waals surface area (Å²) in [6, 6.07) is 15.5. The minimum Gasteiger partial charge on any atom is -0.298 e. The standard InChI is InChI=1S/C18H10N4O6/c23-20(24)11-9-16(21(25)26)18(17(10-11)22(27)28)19-14-7-3-1-5-12(14)13-6-2-4-8-15(13)19/h1-10H. The van der Waals surface area contributed by atoms with E-state index < -0.39 is 31.8 Å². The largest absolute Gasteiger partial charge is 0.307 e. The Morgan fingerprint density at radius 3 is 1.46 bits per heavy atom. The van der Waals surface area contributed by atoms with Crippen LogP contribution < -0.4 is 0 Å². The zero-order valence-electron chi connectivity index (χ0n) is 14.0. The van der Waals surface area contributed by atoms with Gasteiger partial charge in [-0.1, -0.05) is 36.4 Å². The summed E-state index contributed by atoms with van der Waals surface area (Å²) < 4.78 is 1.41. The van der Waals surface area contributed by atoms with Crippen molar-refractivity contribution in [2.45, 2.75) is 0 Å². The minimum atomic E-state index is -0.893. The average Bonchev–Trinajstić information content (AvgIpc) is 3.01. The summed E-state index contributed by atoms with van der Waals surface area (Å²) in [5.41, 5.74) is -1.44. The summed E-state index contributed by atoms with van der Waals surface area (Å²) in [4.78, 5) is 31.9. The first kappa shape index (κ1) is 17.1. The smallest absolute Gasteiger partial charge is 0.298 e. The quantitative estimate of drug-likeness (QED) is 0.379. The molecule has 10 nitrogen and oxygen atoms in total. The number of hydrogen-bond acceptors (Lipinski definition) is 6. The maximum absolute atomic E-state index is 11.7. The number of aromatic nitrogens is 1. The van der Waals surface area contributed by atoms with Gasteiger partial charge in [-0.2, -0.15) is 0 Å². The van der Waals surface area contributed by atoms with Gasteiger partial charge in [0.2, 0.25) is 5.69 Å². The zero-order chi connectivity index (χ0) is 20.0. The number of nitro benzene ring substituents is 3. The third-order valence-corrected chi connectivity index (χ3v) is 4.46. The summed E-state index contributed by atoms with van der Waals surface area (Å²) in [5, 5.41) is 36.0. The Balaban J connectivity index is 2.25. The van der Waals surface area contributed by atoms with E-state index in [0.717, 1.165) is 22.9 Å². The van der Waals surface area contributed by atoms with Gasteiger partial charge in [0.1, 0.15) is 0 Å². The molecule has 0 unspecified atom stereocenters. The lowest BCUT2D eigenvalue weighted by molar-refractivity contribution is -0.402. The van der Waals surface area contributed by atoms with Gasteiger partial charge in [0.05, 0.1) is 37.9 Å². The molecule has 4 aromatic rings. The van der Waals surface area contributed by atoms with Crippen molar-refractivity contribution in [1.29, 1.82) is 0 Å². The van der Waals surface area contributed by atoms with Crippen molar-refractivity contribution in [3.05, 3.63) is 91.0 Å². The molecule has 0 saturated heterocycles. The van der Waals surface area contributed by atoms with E-state index in [9.17, 15) is 30.3 Å². The van der Waals surface area contributed by atoms with Crippen LogP contribution in [0, 0.1) is 30.3 Å². The molecule has 0 aliphatic heterocycles. The number of nitro groups is 3. The van der Waals surface area contributed by atoms with Crippen LogP contribution in [0.15, 0.2) is 60.7 Å². The van der Waals surface area contributed by atoms with E-state index in [4.69, 9.17) is 0 Å². The molecule has 10 heteroatoms. The third kappa shape index (κ3) is 2.43. The lowest BCUT2D eigenvalue weighted by Gasteiger charge is -2.09. The Kier molecular flexibility index (Phi) is 3.74. The Hall–Kier alpha value is -4.34. The number of fused-ring (bicyclic) bond motifs is 3.